The molecule has 0 N–H and O–H groups in total. The zero-order valence-electron chi connectivity index (χ0n) is 15.7. The summed E-state index contributed by atoms with van der Waals surface area (Å²) in [7, 11) is 0. The zero-order valence-corrected chi connectivity index (χ0v) is 18.1. The number of tetrazole rings is 1. The molecule has 0 fully saturated rings. The van der Waals surface area contributed by atoms with Crippen molar-refractivity contribution < 1.29 is 0 Å². The molecule has 0 aliphatic carbocycles. The SMILES string of the molecule is CCCCn1nnnc1CSc1nc2ccc(Br)cc2c(=O)n1CC(C)C. The van der Waals surface area contributed by atoms with Crippen molar-refractivity contribution in [3.63, 3.8) is 0 Å². The Bertz CT molecular complexity index is 984. The quantitative estimate of drug-likeness (QED) is 0.382. The van der Waals surface area contributed by atoms with Crippen LogP contribution < -0.4 is 5.56 Å². The molecule has 0 spiro atoms. The van der Waals surface area contributed by atoms with Crippen LogP contribution in [0.2, 0.25) is 0 Å². The van der Waals surface area contributed by atoms with Gasteiger partial charge in [-0.2, -0.15) is 0 Å². The largest absolute Gasteiger partial charge is 0.287 e. The molecule has 27 heavy (non-hydrogen) atoms. The van der Waals surface area contributed by atoms with Gasteiger partial charge in [-0.1, -0.05) is 54.9 Å². The number of thioether (sulfide) groups is 1. The molecule has 0 unspecified atom stereocenters. The molecule has 0 saturated carbocycles. The molecular formula is C18H23BrN6OS. The van der Waals surface area contributed by atoms with Crippen LogP contribution in [0.4, 0.5) is 0 Å². The van der Waals surface area contributed by atoms with Crippen LogP contribution in [0.25, 0.3) is 10.9 Å². The van der Waals surface area contributed by atoms with Gasteiger partial charge in [0.1, 0.15) is 0 Å². The Morgan fingerprint density at radius 3 is 2.85 bits per heavy atom. The van der Waals surface area contributed by atoms with Crippen LogP contribution >= 0.6 is 27.7 Å². The van der Waals surface area contributed by atoms with Crippen molar-refractivity contribution in [3.05, 3.63) is 38.9 Å². The number of unbranched alkanes of at least 4 members (excludes halogenated alkanes) is 1. The van der Waals surface area contributed by atoms with Crippen LogP contribution in [0.3, 0.4) is 0 Å². The Balaban J connectivity index is 1.94. The van der Waals surface area contributed by atoms with Crippen LogP contribution in [0, 0.1) is 5.92 Å². The van der Waals surface area contributed by atoms with E-state index in [0.29, 0.717) is 34.3 Å². The van der Waals surface area contributed by atoms with E-state index in [1.165, 1.54) is 11.8 Å². The highest BCUT2D eigenvalue weighted by Gasteiger charge is 2.15. The van der Waals surface area contributed by atoms with Gasteiger partial charge in [0.15, 0.2) is 11.0 Å². The lowest BCUT2D eigenvalue weighted by atomic mass is 10.2. The molecule has 0 amide bonds. The predicted octanol–water partition coefficient (Wildman–Crippen LogP) is 3.89. The first kappa shape index (κ1) is 20.0. The van der Waals surface area contributed by atoms with Gasteiger partial charge in [-0.05, 0) is 41.0 Å². The second kappa shape index (κ2) is 8.97. The summed E-state index contributed by atoms with van der Waals surface area (Å²) >= 11 is 4.94. The number of aromatic nitrogens is 6. The summed E-state index contributed by atoms with van der Waals surface area (Å²) in [5.74, 6) is 1.71. The van der Waals surface area contributed by atoms with Gasteiger partial charge < -0.3 is 0 Å². The Kier molecular flexibility index (Phi) is 6.64. The number of fused-ring (bicyclic) bond motifs is 1. The first-order valence-electron chi connectivity index (χ1n) is 9.07. The van der Waals surface area contributed by atoms with Crippen LogP contribution in [0.15, 0.2) is 32.6 Å². The van der Waals surface area contributed by atoms with Crippen molar-refractivity contribution >= 4 is 38.6 Å². The van der Waals surface area contributed by atoms with E-state index in [-0.39, 0.29) is 5.56 Å². The minimum absolute atomic E-state index is 0.0110. The number of benzene rings is 1. The lowest BCUT2D eigenvalue weighted by Gasteiger charge is -2.15. The average Bonchev–Trinajstić information content (AvgIpc) is 3.08. The van der Waals surface area contributed by atoms with Gasteiger partial charge in [-0.3, -0.25) is 9.36 Å². The summed E-state index contributed by atoms with van der Waals surface area (Å²) in [4.78, 5) is 17.8. The standard InChI is InChI=1S/C18H23BrN6OS/c1-4-5-8-25-16(21-22-23-25)11-27-18-20-15-7-6-13(19)9-14(15)17(26)24(18)10-12(2)3/h6-7,9,12H,4-5,8,10-11H2,1-3H3. The van der Waals surface area contributed by atoms with Crippen molar-refractivity contribution in [2.45, 2.75) is 57.6 Å². The normalized spacial score (nSPS) is 11.6. The minimum Gasteiger partial charge on any atom is -0.287 e. The summed E-state index contributed by atoms with van der Waals surface area (Å²) in [6, 6.07) is 5.61. The summed E-state index contributed by atoms with van der Waals surface area (Å²) in [6.07, 6.45) is 2.12. The Morgan fingerprint density at radius 2 is 2.11 bits per heavy atom. The number of halogens is 1. The summed E-state index contributed by atoms with van der Waals surface area (Å²) in [6.45, 7) is 7.75. The number of hydrogen-bond donors (Lipinski definition) is 0. The molecular weight excluding hydrogens is 428 g/mol. The lowest BCUT2D eigenvalue weighted by Crippen LogP contribution is -2.25. The van der Waals surface area contributed by atoms with Crippen molar-refractivity contribution in [3.8, 4) is 0 Å². The average molecular weight is 451 g/mol. The lowest BCUT2D eigenvalue weighted by molar-refractivity contribution is 0.475. The number of rotatable bonds is 8. The van der Waals surface area contributed by atoms with Crippen LogP contribution in [-0.2, 0) is 18.8 Å². The molecule has 0 saturated heterocycles. The van der Waals surface area contributed by atoms with Crippen LogP contribution in [-0.4, -0.2) is 29.8 Å². The molecule has 7 nitrogen and oxygen atoms in total. The molecule has 2 heterocycles. The maximum absolute atomic E-state index is 13.0. The second-order valence-electron chi connectivity index (χ2n) is 6.83. The predicted molar refractivity (Wildman–Crippen MR) is 111 cm³/mol. The number of nitrogens with zero attached hydrogens (tertiary/aromatic N) is 6. The van der Waals surface area contributed by atoms with Crippen LogP contribution in [0.1, 0.15) is 39.4 Å². The van der Waals surface area contributed by atoms with Gasteiger partial charge in [0, 0.05) is 17.6 Å². The monoisotopic (exact) mass is 450 g/mol. The van der Waals surface area contributed by atoms with E-state index in [2.05, 4.69) is 52.2 Å². The topological polar surface area (TPSA) is 78.5 Å². The Hall–Kier alpha value is -1.74. The fourth-order valence-electron chi connectivity index (χ4n) is 2.75. The molecule has 0 radical (unpaired) electrons. The summed E-state index contributed by atoms with van der Waals surface area (Å²) < 4.78 is 4.48. The molecule has 1 aromatic carbocycles. The summed E-state index contributed by atoms with van der Waals surface area (Å²) in [5, 5.41) is 13.3. The summed E-state index contributed by atoms with van der Waals surface area (Å²) in [5.41, 5.74) is 0.694. The molecule has 9 heteroatoms. The van der Waals surface area contributed by atoms with Gasteiger partial charge >= 0.3 is 0 Å². The molecule has 3 aromatic rings. The molecule has 2 aromatic heterocycles. The number of aryl methyl sites for hydroxylation is 1. The molecule has 0 aliphatic heterocycles. The molecule has 0 aliphatic rings. The third-order valence-corrected chi connectivity index (χ3v) is 5.55. The van der Waals surface area contributed by atoms with Crippen LogP contribution in [0.5, 0.6) is 0 Å². The molecule has 0 atom stereocenters. The zero-order chi connectivity index (χ0) is 19.4. The van der Waals surface area contributed by atoms with Gasteiger partial charge in [0.25, 0.3) is 5.56 Å². The van der Waals surface area contributed by atoms with Gasteiger partial charge in [0.05, 0.1) is 16.7 Å². The highest BCUT2D eigenvalue weighted by atomic mass is 79.9. The Morgan fingerprint density at radius 1 is 1.30 bits per heavy atom. The van der Waals surface area contributed by atoms with Crippen molar-refractivity contribution in [1.82, 2.24) is 29.8 Å². The highest BCUT2D eigenvalue weighted by molar-refractivity contribution is 9.10. The van der Waals surface area contributed by atoms with E-state index in [1.807, 2.05) is 22.9 Å². The van der Waals surface area contributed by atoms with E-state index in [0.717, 1.165) is 29.7 Å². The van der Waals surface area contributed by atoms with Crippen molar-refractivity contribution in [2.24, 2.45) is 5.92 Å². The van der Waals surface area contributed by atoms with Gasteiger partial charge in [-0.15, -0.1) is 5.10 Å². The highest BCUT2D eigenvalue weighted by Crippen LogP contribution is 2.23. The number of hydrogen-bond acceptors (Lipinski definition) is 6. The third-order valence-electron chi connectivity index (χ3n) is 4.09. The molecule has 3 rings (SSSR count). The fourth-order valence-corrected chi connectivity index (χ4v) is 4.05. The van der Waals surface area contributed by atoms with E-state index in [1.54, 1.807) is 4.57 Å². The minimum atomic E-state index is -0.0110. The maximum atomic E-state index is 13.0. The van der Waals surface area contributed by atoms with Gasteiger partial charge in [-0.25, -0.2) is 9.67 Å². The second-order valence-corrected chi connectivity index (χ2v) is 8.68. The molecule has 144 valence electrons. The third kappa shape index (κ3) is 4.76. The van der Waals surface area contributed by atoms with E-state index >= 15 is 0 Å². The first-order chi connectivity index (χ1) is 13.0. The van der Waals surface area contributed by atoms with Crippen molar-refractivity contribution in [1.29, 1.82) is 0 Å². The van der Waals surface area contributed by atoms with E-state index in [4.69, 9.17) is 4.98 Å². The molecule has 0 bridgehead atoms. The maximum Gasteiger partial charge on any atom is 0.262 e. The smallest absolute Gasteiger partial charge is 0.262 e. The fraction of sp³-hybridized carbons (Fsp3) is 0.500. The van der Waals surface area contributed by atoms with E-state index < -0.39 is 0 Å². The van der Waals surface area contributed by atoms with E-state index in [9.17, 15) is 4.79 Å². The van der Waals surface area contributed by atoms with Crippen molar-refractivity contribution in [2.75, 3.05) is 0 Å². The first-order valence-corrected chi connectivity index (χ1v) is 10.9. The van der Waals surface area contributed by atoms with Gasteiger partial charge in [0.2, 0.25) is 0 Å². The Labute approximate surface area is 170 Å².